The van der Waals surface area contributed by atoms with E-state index < -0.39 is 28.0 Å². The Balaban J connectivity index is 3.44. The summed E-state index contributed by atoms with van der Waals surface area (Å²) in [4.78, 5) is 0. The van der Waals surface area contributed by atoms with Gasteiger partial charge in [-0.1, -0.05) is 0 Å². The molecule has 0 aromatic carbocycles. The third kappa shape index (κ3) is 10.3. The zero-order valence-electron chi connectivity index (χ0n) is 6.04. The molecular formula is C2H8F4O2Si3. The van der Waals surface area contributed by atoms with E-state index in [1.165, 1.54) is 0 Å². The maximum atomic E-state index is 11.9. The molecule has 0 aromatic heterocycles. The van der Waals surface area contributed by atoms with Gasteiger partial charge < -0.3 is 8.23 Å². The molecule has 0 fully saturated rings. The first-order valence-electron chi connectivity index (χ1n) is 2.74. The van der Waals surface area contributed by atoms with Gasteiger partial charge in [-0.25, -0.2) is 16.4 Å². The Hall–Kier alpha value is 0.291. The van der Waals surface area contributed by atoms with Crippen LogP contribution in [0.2, 0.25) is 13.1 Å². The average Bonchev–Trinajstić information content (AvgIpc) is 1.55. The molecule has 0 aliphatic carbocycles. The average molecular weight is 224 g/mol. The molecule has 68 valence electrons. The van der Waals surface area contributed by atoms with Crippen LogP contribution < -0.4 is 0 Å². The highest BCUT2D eigenvalue weighted by molar-refractivity contribution is 6.67. The molecule has 0 saturated heterocycles. The van der Waals surface area contributed by atoms with Crippen LogP contribution in [0, 0.1) is 0 Å². The molecule has 0 aliphatic rings. The summed E-state index contributed by atoms with van der Waals surface area (Å²) >= 11 is 0. The van der Waals surface area contributed by atoms with Crippen LogP contribution in [0.5, 0.6) is 0 Å². The van der Waals surface area contributed by atoms with E-state index >= 15 is 0 Å². The van der Waals surface area contributed by atoms with Gasteiger partial charge in [0.2, 0.25) is 0 Å². The summed E-state index contributed by atoms with van der Waals surface area (Å²) in [6, 6.07) is 0. The summed E-state index contributed by atoms with van der Waals surface area (Å²) in [5.41, 5.74) is 0. The zero-order chi connectivity index (χ0) is 9.12. The Morgan fingerprint density at radius 1 is 0.909 bits per heavy atom. The van der Waals surface area contributed by atoms with Gasteiger partial charge in [-0.15, -0.1) is 0 Å². The largest absolute Gasteiger partial charge is 0.565 e. The molecule has 0 saturated carbocycles. The van der Waals surface area contributed by atoms with E-state index in [4.69, 9.17) is 0 Å². The van der Waals surface area contributed by atoms with Gasteiger partial charge in [0.1, 0.15) is 0 Å². The summed E-state index contributed by atoms with van der Waals surface area (Å²) in [6.07, 6.45) is 0. The molecule has 0 heterocycles. The lowest BCUT2D eigenvalue weighted by Gasteiger charge is -2.11. The van der Waals surface area contributed by atoms with Crippen LogP contribution in [0.4, 0.5) is 16.4 Å². The molecule has 0 radical (unpaired) electrons. The second-order valence-corrected chi connectivity index (χ2v) is 7.80. The molecule has 0 aromatic rings. The monoisotopic (exact) mass is 224 g/mol. The number of hydrogen-bond acceptors (Lipinski definition) is 2. The summed E-state index contributed by atoms with van der Waals surface area (Å²) in [6.45, 7) is 1.25. The molecule has 0 spiro atoms. The molecule has 0 bridgehead atoms. The van der Waals surface area contributed by atoms with Gasteiger partial charge in [0, 0.05) is 13.1 Å². The van der Waals surface area contributed by atoms with Crippen molar-refractivity contribution < 1.29 is 24.7 Å². The van der Waals surface area contributed by atoms with Crippen molar-refractivity contribution in [3.05, 3.63) is 0 Å². The van der Waals surface area contributed by atoms with Gasteiger partial charge in [-0.3, -0.25) is 0 Å². The summed E-state index contributed by atoms with van der Waals surface area (Å²) in [5, 5.41) is 0. The number of rotatable bonds is 4. The van der Waals surface area contributed by atoms with Crippen molar-refractivity contribution in [3.8, 4) is 0 Å². The first-order chi connectivity index (χ1) is 4.71. The Morgan fingerprint density at radius 3 is 1.36 bits per heavy atom. The Kier molecular flexibility index (Phi) is 3.90. The molecule has 0 atom stereocenters. The maximum Gasteiger partial charge on any atom is 0.565 e. The maximum absolute atomic E-state index is 11.9. The molecule has 0 unspecified atom stereocenters. The molecule has 0 rings (SSSR count). The van der Waals surface area contributed by atoms with Crippen LogP contribution in [0.1, 0.15) is 0 Å². The number of hydrogen-bond donors (Lipinski definition) is 0. The Bertz CT molecular complexity index is 105. The molecule has 0 aliphatic heterocycles. The van der Waals surface area contributed by atoms with Crippen molar-refractivity contribution in [1.82, 2.24) is 0 Å². The van der Waals surface area contributed by atoms with E-state index in [-0.39, 0.29) is 0 Å². The smallest absolute Gasteiger partial charge is 0.392 e. The lowest BCUT2D eigenvalue weighted by atomic mass is 11.9. The van der Waals surface area contributed by atoms with Gasteiger partial charge in [0.05, 0.1) is 0 Å². The van der Waals surface area contributed by atoms with Crippen molar-refractivity contribution in [3.63, 3.8) is 0 Å². The van der Waals surface area contributed by atoms with Crippen LogP contribution in [0.3, 0.4) is 0 Å². The predicted molar refractivity (Wildman–Crippen MR) is 38.4 cm³/mol. The molecule has 2 nitrogen and oxygen atoms in total. The predicted octanol–water partition coefficient (Wildman–Crippen LogP) is 1.03. The van der Waals surface area contributed by atoms with Gasteiger partial charge in [0.25, 0.3) is 10.0 Å². The third-order valence-electron chi connectivity index (χ3n) is 0.625. The topological polar surface area (TPSA) is 18.5 Å². The minimum absolute atomic E-state index is 0.624. The van der Waals surface area contributed by atoms with Gasteiger partial charge in [-0.05, 0) is 0 Å². The SMILES string of the molecule is C[Si](F)(F)O[SiH2]O[Si](C)(F)F. The summed E-state index contributed by atoms with van der Waals surface area (Å²) in [7, 11) is -11.4. The first-order valence-corrected chi connectivity index (χ1v) is 8.22. The van der Waals surface area contributed by atoms with E-state index in [2.05, 4.69) is 8.23 Å². The van der Waals surface area contributed by atoms with Gasteiger partial charge >= 0.3 is 18.0 Å². The second kappa shape index (κ2) is 3.80. The van der Waals surface area contributed by atoms with E-state index in [0.717, 1.165) is 0 Å². The minimum atomic E-state index is -4.63. The molecular weight excluding hydrogens is 216 g/mol. The lowest BCUT2D eigenvalue weighted by molar-refractivity contribution is 0.319. The molecule has 11 heavy (non-hydrogen) atoms. The minimum Gasteiger partial charge on any atom is -0.392 e. The standard InChI is InChI=1S/C2H8F4O2Si3/c1-10(3,4)7-9-8-11(2,5)6/h9H2,1-2H3. The van der Waals surface area contributed by atoms with Crippen LogP contribution in [-0.2, 0) is 8.23 Å². The van der Waals surface area contributed by atoms with Crippen LogP contribution in [0.25, 0.3) is 0 Å². The number of halogens is 4. The third-order valence-corrected chi connectivity index (χ3v) is 5.62. The van der Waals surface area contributed by atoms with E-state index in [1.807, 2.05) is 0 Å². The molecule has 0 N–H and O–H groups in total. The van der Waals surface area contributed by atoms with Crippen LogP contribution in [0.15, 0.2) is 0 Å². The molecule has 9 heteroatoms. The van der Waals surface area contributed by atoms with Crippen LogP contribution in [-0.4, -0.2) is 28.0 Å². The molecule has 0 amide bonds. The first kappa shape index (κ1) is 11.3. The van der Waals surface area contributed by atoms with Crippen LogP contribution >= 0.6 is 0 Å². The normalized spacial score (nSPS) is 13.6. The van der Waals surface area contributed by atoms with E-state index in [1.54, 1.807) is 0 Å². The summed E-state index contributed by atoms with van der Waals surface area (Å²) < 4.78 is 55.5. The van der Waals surface area contributed by atoms with Crippen molar-refractivity contribution in [2.75, 3.05) is 0 Å². The van der Waals surface area contributed by atoms with E-state index in [9.17, 15) is 16.4 Å². The Morgan fingerprint density at radius 2 is 1.18 bits per heavy atom. The highest BCUT2D eigenvalue weighted by Crippen LogP contribution is 2.10. The van der Waals surface area contributed by atoms with Crippen molar-refractivity contribution in [2.24, 2.45) is 0 Å². The highest BCUT2D eigenvalue weighted by Gasteiger charge is 2.35. The highest BCUT2D eigenvalue weighted by atomic mass is 28.5. The van der Waals surface area contributed by atoms with Crippen molar-refractivity contribution in [2.45, 2.75) is 13.1 Å². The van der Waals surface area contributed by atoms with E-state index in [0.29, 0.717) is 13.1 Å². The van der Waals surface area contributed by atoms with Gasteiger partial charge in [0.15, 0.2) is 0 Å². The van der Waals surface area contributed by atoms with Gasteiger partial charge in [-0.2, -0.15) is 0 Å². The Labute approximate surface area is 66.5 Å². The van der Waals surface area contributed by atoms with Crippen molar-refractivity contribution >= 4 is 28.0 Å². The fourth-order valence-electron chi connectivity index (χ4n) is 0.236. The summed E-state index contributed by atoms with van der Waals surface area (Å²) in [5.74, 6) is 0. The second-order valence-electron chi connectivity index (χ2n) is 2.02. The fourth-order valence-corrected chi connectivity index (χ4v) is 2.66. The quantitative estimate of drug-likeness (QED) is 0.403. The zero-order valence-corrected chi connectivity index (χ0v) is 9.45. The fraction of sp³-hybridized carbons (Fsp3) is 1.00. The van der Waals surface area contributed by atoms with Crippen molar-refractivity contribution in [1.29, 1.82) is 0 Å². The lowest BCUT2D eigenvalue weighted by Crippen LogP contribution is -2.32.